The van der Waals surface area contributed by atoms with E-state index in [0.29, 0.717) is 11.5 Å². The Bertz CT molecular complexity index is 1680. The summed E-state index contributed by atoms with van der Waals surface area (Å²) in [6.45, 7) is 0.366. The molecule has 0 unspecified atom stereocenters. The summed E-state index contributed by atoms with van der Waals surface area (Å²) in [5, 5.41) is 11.9. The van der Waals surface area contributed by atoms with Crippen molar-refractivity contribution in [2.45, 2.75) is 50.5 Å². The van der Waals surface area contributed by atoms with E-state index in [-0.39, 0.29) is 37.6 Å². The van der Waals surface area contributed by atoms with Crippen molar-refractivity contribution in [2.24, 2.45) is 0 Å². The van der Waals surface area contributed by atoms with E-state index in [1.165, 1.54) is 0 Å². The smallest absolute Gasteiger partial charge is 0.262 e. The summed E-state index contributed by atoms with van der Waals surface area (Å²) in [7, 11) is 4.77. The second-order valence-electron chi connectivity index (χ2n) is 11.7. The largest absolute Gasteiger partial charge is 0.497 e. The van der Waals surface area contributed by atoms with Crippen LogP contribution in [-0.2, 0) is 38.8 Å². The van der Waals surface area contributed by atoms with Crippen LogP contribution in [0.4, 0.5) is 0 Å². The number of nitrogens with zero attached hydrogens (tertiary/aromatic N) is 1. The molecule has 0 bridgehead atoms. The van der Waals surface area contributed by atoms with Crippen LogP contribution in [-0.4, -0.2) is 80.4 Å². The van der Waals surface area contributed by atoms with E-state index < -0.39 is 42.5 Å². The first-order valence-electron chi connectivity index (χ1n) is 15.9. The minimum Gasteiger partial charge on any atom is -0.497 e. The predicted molar refractivity (Wildman–Crippen MR) is 177 cm³/mol. The molecule has 0 saturated carbocycles. The van der Waals surface area contributed by atoms with Crippen molar-refractivity contribution in [1.29, 1.82) is 0 Å². The van der Waals surface area contributed by atoms with Gasteiger partial charge in [-0.25, -0.2) is 0 Å². The number of hydrogen-bond acceptors (Lipinski definition) is 10. The standard InChI is InChI=1S/C38H39NO10/c1-43-27-14-8-24(9-15-27)20-46-23-32-34(40)35(47-21-25-10-16-28(44-2)17-11-25)33(39-36(41)30-6-4-5-7-31(30)37(39)42)38(49-32)48-22-26-12-18-29(45-3)19-13-26/h4-19,32-35,38,40H,20-23H2,1-3H3/t32-,33-,34-,35-,38-/m1/s1. The molecule has 1 N–H and O–H groups in total. The Morgan fingerprint density at radius 3 is 1.55 bits per heavy atom. The summed E-state index contributed by atoms with van der Waals surface area (Å²) in [4.78, 5) is 28.8. The second-order valence-corrected chi connectivity index (χ2v) is 11.7. The van der Waals surface area contributed by atoms with Crippen molar-refractivity contribution in [3.8, 4) is 17.2 Å². The average molecular weight is 670 g/mol. The molecule has 2 amide bonds. The lowest BCUT2D eigenvalue weighted by molar-refractivity contribution is -0.293. The molecule has 5 atom stereocenters. The summed E-state index contributed by atoms with van der Waals surface area (Å²) in [5.74, 6) is 1.05. The summed E-state index contributed by atoms with van der Waals surface area (Å²) < 4.78 is 41.0. The van der Waals surface area contributed by atoms with Crippen molar-refractivity contribution >= 4 is 11.8 Å². The Labute approximate surface area is 284 Å². The number of aliphatic hydroxyl groups is 1. The molecule has 0 aromatic heterocycles. The first kappa shape index (κ1) is 34.1. The van der Waals surface area contributed by atoms with Gasteiger partial charge >= 0.3 is 0 Å². The molecule has 1 saturated heterocycles. The van der Waals surface area contributed by atoms with Gasteiger partial charge in [-0.2, -0.15) is 0 Å². The molecule has 0 aliphatic carbocycles. The predicted octanol–water partition coefficient (Wildman–Crippen LogP) is 4.78. The Hall–Kier alpha value is -4.78. The van der Waals surface area contributed by atoms with Gasteiger partial charge in [-0.05, 0) is 65.2 Å². The highest BCUT2D eigenvalue weighted by Gasteiger charge is 2.54. The molecule has 4 aromatic rings. The molecule has 0 spiro atoms. The summed E-state index contributed by atoms with van der Waals surface area (Å²) in [5.41, 5.74) is 3.02. The number of hydrogen-bond donors (Lipinski definition) is 1. The molecule has 2 heterocycles. The fraction of sp³-hybridized carbons (Fsp3) is 0.316. The number of ether oxygens (including phenoxy) is 7. The van der Waals surface area contributed by atoms with Crippen LogP contribution in [0.3, 0.4) is 0 Å². The van der Waals surface area contributed by atoms with Crippen LogP contribution in [0, 0.1) is 0 Å². The maximum Gasteiger partial charge on any atom is 0.262 e. The summed E-state index contributed by atoms with van der Waals surface area (Å²) in [6.07, 6.45) is -4.51. The normalized spacial score (nSPS) is 21.8. The van der Waals surface area contributed by atoms with Gasteiger partial charge in [-0.15, -0.1) is 0 Å². The van der Waals surface area contributed by atoms with Crippen LogP contribution >= 0.6 is 0 Å². The van der Waals surface area contributed by atoms with Gasteiger partial charge in [0.2, 0.25) is 0 Å². The highest BCUT2D eigenvalue weighted by atomic mass is 16.7. The van der Waals surface area contributed by atoms with E-state index in [1.54, 1.807) is 57.7 Å². The molecule has 4 aromatic carbocycles. The molecule has 1 fully saturated rings. The van der Waals surface area contributed by atoms with Gasteiger partial charge in [-0.3, -0.25) is 14.5 Å². The molecular formula is C38H39NO10. The molecule has 2 aliphatic heterocycles. The van der Waals surface area contributed by atoms with Crippen LogP contribution in [0.15, 0.2) is 97.1 Å². The summed E-state index contributed by atoms with van der Waals surface area (Å²) >= 11 is 0. The van der Waals surface area contributed by atoms with Crippen molar-refractivity contribution in [2.75, 3.05) is 27.9 Å². The third kappa shape index (κ3) is 7.61. The lowest BCUT2D eigenvalue weighted by Crippen LogP contribution is -2.66. The van der Waals surface area contributed by atoms with Gasteiger partial charge < -0.3 is 38.3 Å². The summed E-state index contributed by atoms with van der Waals surface area (Å²) in [6, 6.07) is 27.5. The van der Waals surface area contributed by atoms with Gasteiger partial charge in [0, 0.05) is 0 Å². The number of rotatable bonds is 14. The molecule has 11 heteroatoms. The number of carbonyl (C=O) groups is 2. The molecule has 2 aliphatic rings. The lowest BCUT2D eigenvalue weighted by atomic mass is 9.95. The minimum atomic E-state index is -1.30. The number of carbonyl (C=O) groups excluding carboxylic acids is 2. The van der Waals surface area contributed by atoms with Crippen molar-refractivity contribution in [3.63, 3.8) is 0 Å². The maximum absolute atomic E-state index is 13.8. The Kier molecular flexibility index (Phi) is 10.9. The third-order valence-corrected chi connectivity index (χ3v) is 8.65. The van der Waals surface area contributed by atoms with E-state index in [1.807, 2.05) is 60.7 Å². The molecule has 49 heavy (non-hydrogen) atoms. The molecule has 11 nitrogen and oxygen atoms in total. The zero-order chi connectivity index (χ0) is 34.3. The maximum atomic E-state index is 13.8. The topological polar surface area (TPSA) is 122 Å². The first-order chi connectivity index (χ1) is 23.9. The van der Waals surface area contributed by atoms with E-state index >= 15 is 0 Å². The zero-order valence-corrected chi connectivity index (χ0v) is 27.5. The van der Waals surface area contributed by atoms with Crippen LogP contribution < -0.4 is 14.2 Å². The van der Waals surface area contributed by atoms with Crippen molar-refractivity contribution in [3.05, 3.63) is 125 Å². The number of imide groups is 1. The quantitative estimate of drug-likeness (QED) is 0.188. The van der Waals surface area contributed by atoms with E-state index in [0.717, 1.165) is 27.3 Å². The van der Waals surface area contributed by atoms with E-state index in [2.05, 4.69) is 0 Å². The number of benzene rings is 4. The number of amides is 2. The van der Waals surface area contributed by atoms with Crippen LogP contribution in [0.1, 0.15) is 37.4 Å². The number of aliphatic hydroxyl groups excluding tert-OH is 1. The third-order valence-electron chi connectivity index (χ3n) is 8.65. The Morgan fingerprint density at radius 2 is 1.08 bits per heavy atom. The second kappa shape index (κ2) is 15.6. The molecule has 6 rings (SSSR count). The van der Waals surface area contributed by atoms with Crippen molar-refractivity contribution < 1.29 is 47.9 Å². The van der Waals surface area contributed by atoms with Gasteiger partial charge in [-0.1, -0.05) is 48.5 Å². The Morgan fingerprint density at radius 1 is 0.633 bits per heavy atom. The van der Waals surface area contributed by atoms with Crippen LogP contribution in [0.5, 0.6) is 17.2 Å². The Balaban J connectivity index is 1.29. The van der Waals surface area contributed by atoms with Gasteiger partial charge in [0.15, 0.2) is 6.29 Å². The highest BCUT2D eigenvalue weighted by molar-refractivity contribution is 6.21. The van der Waals surface area contributed by atoms with Crippen LogP contribution in [0.2, 0.25) is 0 Å². The van der Waals surface area contributed by atoms with Crippen LogP contribution in [0.25, 0.3) is 0 Å². The fourth-order valence-electron chi connectivity index (χ4n) is 5.95. The van der Waals surface area contributed by atoms with E-state index in [4.69, 9.17) is 33.2 Å². The fourth-order valence-corrected chi connectivity index (χ4v) is 5.95. The van der Waals surface area contributed by atoms with Gasteiger partial charge in [0.1, 0.15) is 41.6 Å². The minimum absolute atomic E-state index is 0.0210. The number of methoxy groups -OCH3 is 3. The zero-order valence-electron chi connectivity index (χ0n) is 27.5. The monoisotopic (exact) mass is 669 g/mol. The van der Waals surface area contributed by atoms with E-state index in [9.17, 15) is 14.7 Å². The van der Waals surface area contributed by atoms with Gasteiger partial charge in [0.05, 0.1) is 58.9 Å². The molecule has 256 valence electrons. The number of fused-ring (bicyclic) bond motifs is 1. The molecular weight excluding hydrogens is 630 g/mol. The average Bonchev–Trinajstić information content (AvgIpc) is 3.40. The highest BCUT2D eigenvalue weighted by Crippen LogP contribution is 2.35. The first-order valence-corrected chi connectivity index (χ1v) is 15.9. The molecule has 0 radical (unpaired) electrons. The van der Waals surface area contributed by atoms with Gasteiger partial charge in [0.25, 0.3) is 11.8 Å². The SMILES string of the molecule is COc1ccc(COC[C@H]2O[C@@H](OCc3ccc(OC)cc3)[C@H](N3C(=O)c4ccccc4C3=O)[C@@H](OCc3ccc(OC)cc3)[C@@H]2O)cc1. The lowest BCUT2D eigenvalue weighted by Gasteiger charge is -2.46. The van der Waals surface area contributed by atoms with Crippen molar-refractivity contribution in [1.82, 2.24) is 4.90 Å².